The van der Waals surface area contributed by atoms with Gasteiger partial charge in [0.2, 0.25) is 0 Å². The smallest absolute Gasteiger partial charge is 0.164 e. The summed E-state index contributed by atoms with van der Waals surface area (Å²) in [5.41, 5.74) is 0.677. The normalized spacial score (nSPS) is 15.4. The Bertz CT molecular complexity index is 2380. The van der Waals surface area contributed by atoms with Gasteiger partial charge >= 0.3 is 0 Å². The Balaban J connectivity index is 1.60. The van der Waals surface area contributed by atoms with Crippen molar-refractivity contribution in [1.82, 2.24) is 15.0 Å². The highest BCUT2D eigenvalue weighted by atomic mass is 32.1. The lowest BCUT2D eigenvalue weighted by Crippen LogP contribution is -1.99. The molecule has 0 fully saturated rings. The third-order valence-electron chi connectivity index (χ3n) is 5.75. The van der Waals surface area contributed by atoms with Gasteiger partial charge in [-0.1, -0.05) is 115 Å². The van der Waals surface area contributed by atoms with Crippen LogP contribution < -0.4 is 0 Å². The van der Waals surface area contributed by atoms with Crippen LogP contribution in [-0.2, 0) is 0 Å². The zero-order valence-electron chi connectivity index (χ0n) is 30.0. The molecule has 0 radical (unpaired) electrons. The van der Waals surface area contributed by atoms with E-state index in [1.54, 1.807) is 0 Å². The predicted octanol–water partition coefficient (Wildman–Crippen LogP) is 8.91. The zero-order valence-corrected chi connectivity index (χ0v) is 19.8. The third kappa shape index (κ3) is 3.98. The van der Waals surface area contributed by atoms with Crippen molar-refractivity contribution in [3.8, 4) is 45.3 Å². The molecule has 5 aromatic carbocycles. The van der Waals surface area contributed by atoms with E-state index < -0.39 is 54.4 Å². The van der Waals surface area contributed by atoms with Gasteiger partial charge in [-0.3, -0.25) is 0 Å². The van der Waals surface area contributed by atoms with Gasteiger partial charge in [0.15, 0.2) is 17.5 Å². The van der Waals surface area contributed by atoms with Gasteiger partial charge in [0, 0.05) is 36.9 Å². The quantitative estimate of drug-likeness (QED) is 0.241. The number of aromatic nitrogens is 3. The first-order chi connectivity index (χ1) is 22.9. The molecule has 4 heteroatoms. The molecule has 37 heavy (non-hydrogen) atoms. The van der Waals surface area contributed by atoms with Crippen LogP contribution in [0.1, 0.15) is 15.1 Å². The molecule has 0 aliphatic rings. The minimum Gasteiger partial charge on any atom is -0.208 e. The summed E-state index contributed by atoms with van der Waals surface area (Å²) >= 11 is 0.897. The first kappa shape index (κ1) is 13.0. The molecule has 0 N–H and O–H groups in total. The molecular formula is C33H21N3S. The Labute approximate surface area is 234 Å². The van der Waals surface area contributed by atoms with E-state index in [0.717, 1.165) is 11.3 Å². The van der Waals surface area contributed by atoms with Gasteiger partial charge in [-0.25, -0.2) is 15.0 Å². The molecule has 0 unspecified atom stereocenters. The van der Waals surface area contributed by atoms with Gasteiger partial charge in [-0.05, 0) is 23.2 Å². The maximum atomic E-state index is 9.32. The largest absolute Gasteiger partial charge is 0.208 e. The Morgan fingerprint density at radius 3 is 1.78 bits per heavy atom. The van der Waals surface area contributed by atoms with Crippen molar-refractivity contribution in [3.05, 3.63) is 127 Å². The van der Waals surface area contributed by atoms with Crippen molar-refractivity contribution >= 4 is 31.5 Å². The molecule has 2 aromatic heterocycles. The molecule has 0 spiro atoms. The number of benzene rings is 5. The van der Waals surface area contributed by atoms with E-state index >= 15 is 0 Å². The van der Waals surface area contributed by atoms with E-state index in [4.69, 9.17) is 12.3 Å². The van der Waals surface area contributed by atoms with Crippen molar-refractivity contribution in [1.29, 1.82) is 0 Å². The molecule has 0 aliphatic carbocycles. The number of hydrogen-bond donors (Lipinski definition) is 0. The second-order valence-electron chi connectivity index (χ2n) is 8.05. The van der Waals surface area contributed by atoms with Crippen LogP contribution in [-0.4, -0.2) is 15.0 Å². The van der Waals surface area contributed by atoms with Crippen molar-refractivity contribution in [2.24, 2.45) is 0 Å². The van der Waals surface area contributed by atoms with E-state index in [9.17, 15) is 2.74 Å². The second-order valence-corrected chi connectivity index (χ2v) is 9.07. The van der Waals surface area contributed by atoms with E-state index in [1.807, 2.05) is 60.7 Å². The molecule has 0 bridgehead atoms. The van der Waals surface area contributed by atoms with Crippen molar-refractivity contribution in [2.75, 3.05) is 0 Å². The van der Waals surface area contributed by atoms with Crippen LogP contribution in [0.3, 0.4) is 0 Å². The van der Waals surface area contributed by atoms with E-state index in [0.29, 0.717) is 11.1 Å². The molecule has 0 saturated carbocycles. The summed E-state index contributed by atoms with van der Waals surface area (Å²) in [5.74, 6) is 0.552. The van der Waals surface area contributed by atoms with Crippen LogP contribution >= 0.6 is 11.3 Å². The van der Waals surface area contributed by atoms with Crippen LogP contribution in [0.4, 0.5) is 0 Å². The van der Waals surface area contributed by atoms with E-state index in [2.05, 4.69) is 15.0 Å². The monoisotopic (exact) mass is 502 g/mol. The zero-order chi connectivity index (χ0) is 34.2. The average Bonchev–Trinajstić information content (AvgIpc) is 3.51. The second kappa shape index (κ2) is 9.08. The summed E-state index contributed by atoms with van der Waals surface area (Å²) in [6, 6.07) is 12.6. The fourth-order valence-corrected chi connectivity index (χ4v) is 5.06. The van der Waals surface area contributed by atoms with Crippen molar-refractivity contribution in [2.45, 2.75) is 0 Å². The molecular weight excluding hydrogens is 470 g/mol. The third-order valence-corrected chi connectivity index (χ3v) is 6.77. The first-order valence-electron chi connectivity index (χ1n) is 16.8. The summed E-state index contributed by atoms with van der Waals surface area (Å²) in [7, 11) is 0. The number of rotatable bonds is 4. The van der Waals surface area contributed by atoms with Crippen LogP contribution in [0.5, 0.6) is 0 Å². The summed E-state index contributed by atoms with van der Waals surface area (Å²) in [6.45, 7) is 0. The lowest BCUT2D eigenvalue weighted by Gasteiger charge is -2.08. The highest BCUT2D eigenvalue weighted by Crippen LogP contribution is 2.41. The van der Waals surface area contributed by atoms with Gasteiger partial charge in [0.1, 0.15) is 0 Å². The topological polar surface area (TPSA) is 38.7 Å². The van der Waals surface area contributed by atoms with Crippen LogP contribution in [0.15, 0.2) is 127 Å². The van der Waals surface area contributed by atoms with Crippen LogP contribution in [0, 0.1) is 0 Å². The van der Waals surface area contributed by atoms with Crippen LogP contribution in [0.2, 0.25) is 0 Å². The highest BCUT2D eigenvalue weighted by molar-refractivity contribution is 7.26. The Hall–Kier alpha value is -4.67. The average molecular weight is 503 g/mol. The Morgan fingerprint density at radius 1 is 0.514 bits per heavy atom. The summed E-state index contributed by atoms with van der Waals surface area (Å²) in [6.07, 6.45) is 0. The van der Waals surface area contributed by atoms with Gasteiger partial charge in [0.05, 0.1) is 15.1 Å². The summed E-state index contributed by atoms with van der Waals surface area (Å²) in [5, 5.41) is 0.00172. The first-order valence-corrected chi connectivity index (χ1v) is 12.1. The fraction of sp³-hybridized carbons (Fsp3) is 0. The Kier molecular flexibility index (Phi) is 3.20. The van der Waals surface area contributed by atoms with Gasteiger partial charge in [-0.15, -0.1) is 11.3 Å². The number of hydrogen-bond acceptors (Lipinski definition) is 4. The van der Waals surface area contributed by atoms with Crippen molar-refractivity contribution < 1.29 is 15.1 Å². The molecule has 3 nitrogen and oxygen atoms in total. The fourth-order valence-electron chi connectivity index (χ4n) is 4.04. The van der Waals surface area contributed by atoms with Crippen molar-refractivity contribution in [3.63, 3.8) is 0 Å². The molecule has 0 aliphatic heterocycles. The number of nitrogens with zero attached hydrogens (tertiary/aromatic N) is 3. The SMILES string of the molecule is [2H]c1c([2H])c([2H])c(-c2c([2H])c([2H])c([2H])c3sc4c([2H])c(-c5nc(-c6ccccc6)nc(-c6ccccc6)n5)c([2H])c([2H])c4c23)c([2H])c1[2H]. The summed E-state index contributed by atoms with van der Waals surface area (Å²) < 4.78 is 95.5. The van der Waals surface area contributed by atoms with Crippen LogP contribution in [0.25, 0.3) is 65.5 Å². The lowest BCUT2D eigenvalue weighted by molar-refractivity contribution is 1.07. The van der Waals surface area contributed by atoms with E-state index in [-0.39, 0.29) is 66.4 Å². The van der Waals surface area contributed by atoms with Gasteiger partial charge < -0.3 is 0 Å². The minimum atomic E-state index is -0.645. The lowest BCUT2D eigenvalue weighted by atomic mass is 9.99. The molecule has 2 heterocycles. The predicted molar refractivity (Wildman–Crippen MR) is 154 cm³/mol. The number of thiophene rings is 1. The molecule has 174 valence electrons. The standard InChI is InChI=1S/C33H21N3S/c1-4-11-22(12-5-1)26-17-10-18-28-30(26)27-20-19-25(21-29(27)37-28)33-35-31(23-13-6-2-7-14-23)34-32(36-33)24-15-8-3-9-16-24/h1-21H/i1D,4D,5D,10D,11D,12D,17D,18D,19D,20D,21D. The minimum absolute atomic E-state index is 0.00168. The molecule has 0 saturated heterocycles. The molecule has 0 atom stereocenters. The van der Waals surface area contributed by atoms with Gasteiger partial charge in [0.25, 0.3) is 0 Å². The maximum absolute atomic E-state index is 9.32. The maximum Gasteiger partial charge on any atom is 0.164 e. The molecule has 7 rings (SSSR count). The highest BCUT2D eigenvalue weighted by Gasteiger charge is 2.15. The Morgan fingerprint density at radius 2 is 1.14 bits per heavy atom. The molecule has 0 amide bonds. The van der Waals surface area contributed by atoms with Gasteiger partial charge in [-0.2, -0.15) is 0 Å². The number of fused-ring (bicyclic) bond motifs is 3. The summed E-state index contributed by atoms with van der Waals surface area (Å²) in [4.78, 5) is 13.9. The van der Waals surface area contributed by atoms with E-state index in [1.165, 1.54) is 0 Å². The molecule has 7 aromatic rings.